The van der Waals surface area contributed by atoms with Crippen molar-refractivity contribution in [1.29, 1.82) is 0 Å². The first-order valence-electron chi connectivity index (χ1n) is 10.7. The van der Waals surface area contributed by atoms with Gasteiger partial charge in [0.15, 0.2) is 0 Å². The van der Waals surface area contributed by atoms with Gasteiger partial charge < -0.3 is 4.74 Å². The number of imide groups is 2. The third-order valence-corrected chi connectivity index (χ3v) is 5.92. The topological polar surface area (TPSA) is 75.7 Å². The minimum atomic E-state index is -0.788. The zero-order valence-electron chi connectivity index (χ0n) is 19.0. The third-order valence-electron chi connectivity index (χ3n) is 5.63. The number of urea groups is 1. The van der Waals surface area contributed by atoms with Gasteiger partial charge >= 0.3 is 6.03 Å². The van der Waals surface area contributed by atoms with Crippen LogP contribution in [0.25, 0.3) is 6.08 Å². The Labute approximate surface area is 202 Å². The summed E-state index contributed by atoms with van der Waals surface area (Å²) in [7, 11) is 0. The standard InChI is InChI=1S/C27H23ClN2O4/c1-16-4-9-21(10-5-16)30-26(32)22(25(31)29-27(30)33)13-19-8-11-24(23(28)14-19)34-15-20-7-6-17(2)18(3)12-20/h4-14H,15H2,1-3H3,(H,29,31,33)/b22-13+. The second-order valence-corrected chi connectivity index (χ2v) is 8.60. The predicted molar refractivity (Wildman–Crippen MR) is 132 cm³/mol. The molecule has 1 N–H and O–H groups in total. The van der Waals surface area contributed by atoms with E-state index in [0.717, 1.165) is 16.0 Å². The maximum Gasteiger partial charge on any atom is 0.335 e. The molecule has 1 aliphatic rings. The normalized spacial score (nSPS) is 15.0. The van der Waals surface area contributed by atoms with Gasteiger partial charge in [0, 0.05) is 0 Å². The largest absolute Gasteiger partial charge is 0.487 e. The number of hydrogen-bond acceptors (Lipinski definition) is 4. The molecule has 0 aliphatic carbocycles. The molecule has 4 amide bonds. The van der Waals surface area contributed by atoms with Crippen molar-refractivity contribution in [3.63, 3.8) is 0 Å². The average molecular weight is 475 g/mol. The molecule has 0 atom stereocenters. The Bertz CT molecular complexity index is 1330. The van der Waals surface area contributed by atoms with Crippen LogP contribution in [0.5, 0.6) is 5.75 Å². The van der Waals surface area contributed by atoms with E-state index in [2.05, 4.69) is 18.3 Å². The summed E-state index contributed by atoms with van der Waals surface area (Å²) in [5.41, 5.74) is 5.14. The highest BCUT2D eigenvalue weighted by Crippen LogP contribution is 2.29. The monoisotopic (exact) mass is 474 g/mol. The molecular formula is C27H23ClN2O4. The number of rotatable bonds is 5. The van der Waals surface area contributed by atoms with Crippen LogP contribution in [0.3, 0.4) is 0 Å². The minimum Gasteiger partial charge on any atom is -0.487 e. The summed E-state index contributed by atoms with van der Waals surface area (Å²) < 4.78 is 5.85. The number of nitrogens with zero attached hydrogens (tertiary/aromatic N) is 1. The molecule has 172 valence electrons. The molecule has 3 aromatic carbocycles. The van der Waals surface area contributed by atoms with Crippen LogP contribution in [0.15, 0.2) is 66.2 Å². The number of carbonyl (C=O) groups excluding carboxylic acids is 3. The molecule has 0 saturated carbocycles. The Morgan fingerprint density at radius 2 is 1.65 bits per heavy atom. The molecule has 0 bridgehead atoms. The number of nitrogens with one attached hydrogen (secondary N) is 1. The zero-order chi connectivity index (χ0) is 24.4. The highest BCUT2D eigenvalue weighted by Gasteiger charge is 2.36. The molecule has 1 fully saturated rings. The van der Waals surface area contributed by atoms with Gasteiger partial charge in [-0.25, -0.2) is 9.69 Å². The lowest BCUT2D eigenvalue weighted by molar-refractivity contribution is -0.122. The van der Waals surface area contributed by atoms with E-state index in [1.54, 1.807) is 42.5 Å². The fraction of sp³-hybridized carbons (Fsp3) is 0.148. The van der Waals surface area contributed by atoms with Gasteiger partial charge in [-0.1, -0.05) is 53.6 Å². The fourth-order valence-electron chi connectivity index (χ4n) is 3.53. The third kappa shape index (κ3) is 4.87. The van der Waals surface area contributed by atoms with Crippen LogP contribution in [-0.2, 0) is 16.2 Å². The number of aryl methyl sites for hydroxylation is 3. The lowest BCUT2D eigenvalue weighted by Gasteiger charge is -2.26. The quantitative estimate of drug-likeness (QED) is 0.390. The summed E-state index contributed by atoms with van der Waals surface area (Å²) in [6.07, 6.45) is 1.41. The summed E-state index contributed by atoms with van der Waals surface area (Å²) in [5.74, 6) is -0.980. The molecular weight excluding hydrogens is 452 g/mol. The van der Waals surface area contributed by atoms with E-state index < -0.39 is 17.8 Å². The summed E-state index contributed by atoms with van der Waals surface area (Å²) in [6.45, 7) is 6.35. The van der Waals surface area contributed by atoms with Crippen molar-refractivity contribution in [1.82, 2.24) is 5.32 Å². The predicted octanol–water partition coefficient (Wildman–Crippen LogP) is 5.51. The average Bonchev–Trinajstić information content (AvgIpc) is 2.79. The van der Waals surface area contributed by atoms with Crippen molar-refractivity contribution in [3.05, 3.63) is 99.1 Å². The smallest absolute Gasteiger partial charge is 0.335 e. The molecule has 0 spiro atoms. The lowest BCUT2D eigenvalue weighted by atomic mass is 10.1. The second-order valence-electron chi connectivity index (χ2n) is 8.19. The van der Waals surface area contributed by atoms with Gasteiger partial charge in [0.2, 0.25) is 0 Å². The number of amides is 4. The molecule has 7 heteroatoms. The molecule has 1 aliphatic heterocycles. The van der Waals surface area contributed by atoms with Crippen LogP contribution in [0.2, 0.25) is 5.02 Å². The molecule has 0 unspecified atom stereocenters. The van der Waals surface area contributed by atoms with Crippen molar-refractivity contribution < 1.29 is 19.1 Å². The van der Waals surface area contributed by atoms with Crippen molar-refractivity contribution in [2.45, 2.75) is 27.4 Å². The van der Waals surface area contributed by atoms with Gasteiger partial charge in [-0.15, -0.1) is 0 Å². The first kappa shape index (κ1) is 23.3. The molecule has 4 rings (SSSR count). The van der Waals surface area contributed by atoms with E-state index in [0.29, 0.717) is 28.6 Å². The Kier molecular flexibility index (Phi) is 6.52. The maximum absolute atomic E-state index is 13.0. The van der Waals surface area contributed by atoms with Crippen LogP contribution >= 0.6 is 11.6 Å². The lowest BCUT2D eigenvalue weighted by Crippen LogP contribution is -2.54. The number of anilines is 1. The number of carbonyl (C=O) groups is 3. The molecule has 6 nitrogen and oxygen atoms in total. The van der Waals surface area contributed by atoms with E-state index in [-0.39, 0.29) is 5.57 Å². The Balaban J connectivity index is 1.55. The Hall–Kier alpha value is -3.90. The van der Waals surface area contributed by atoms with Gasteiger partial charge in [-0.05, 0) is 73.4 Å². The first-order valence-corrected chi connectivity index (χ1v) is 11.1. The van der Waals surface area contributed by atoms with Crippen molar-refractivity contribution in [2.24, 2.45) is 0 Å². The zero-order valence-corrected chi connectivity index (χ0v) is 19.8. The maximum atomic E-state index is 13.0. The highest BCUT2D eigenvalue weighted by molar-refractivity contribution is 6.39. The van der Waals surface area contributed by atoms with Gasteiger partial charge in [0.1, 0.15) is 17.9 Å². The summed E-state index contributed by atoms with van der Waals surface area (Å²) >= 11 is 6.40. The van der Waals surface area contributed by atoms with Crippen molar-refractivity contribution in [3.8, 4) is 5.75 Å². The van der Waals surface area contributed by atoms with Gasteiger partial charge in [-0.3, -0.25) is 14.9 Å². The molecule has 3 aromatic rings. The number of halogens is 1. The van der Waals surface area contributed by atoms with Crippen LogP contribution in [0.1, 0.15) is 27.8 Å². The Morgan fingerprint density at radius 3 is 2.32 bits per heavy atom. The molecule has 1 saturated heterocycles. The molecule has 34 heavy (non-hydrogen) atoms. The van der Waals surface area contributed by atoms with E-state index in [9.17, 15) is 14.4 Å². The SMILES string of the molecule is Cc1ccc(N2C(=O)NC(=O)/C(=C\c3ccc(OCc4ccc(C)c(C)c4)c(Cl)c3)C2=O)cc1. The molecule has 0 radical (unpaired) electrons. The van der Waals surface area contributed by atoms with Crippen molar-refractivity contribution >= 4 is 41.2 Å². The first-order chi connectivity index (χ1) is 16.2. The van der Waals surface area contributed by atoms with Gasteiger partial charge in [0.25, 0.3) is 11.8 Å². The summed E-state index contributed by atoms with van der Waals surface area (Å²) in [4.78, 5) is 38.7. The van der Waals surface area contributed by atoms with Gasteiger partial charge in [-0.2, -0.15) is 0 Å². The fourth-order valence-corrected chi connectivity index (χ4v) is 3.77. The number of benzene rings is 3. The molecule has 1 heterocycles. The van der Waals surface area contributed by atoms with E-state index >= 15 is 0 Å². The minimum absolute atomic E-state index is 0.167. The second kappa shape index (κ2) is 9.53. The number of hydrogen-bond donors (Lipinski definition) is 1. The summed E-state index contributed by atoms with van der Waals surface area (Å²) in [6, 6.07) is 17.2. The van der Waals surface area contributed by atoms with Crippen LogP contribution in [-0.4, -0.2) is 17.8 Å². The van der Waals surface area contributed by atoms with E-state index in [4.69, 9.17) is 16.3 Å². The van der Waals surface area contributed by atoms with E-state index in [1.165, 1.54) is 17.2 Å². The van der Waals surface area contributed by atoms with E-state index in [1.807, 2.05) is 26.0 Å². The van der Waals surface area contributed by atoms with Crippen LogP contribution in [0.4, 0.5) is 10.5 Å². The summed E-state index contributed by atoms with van der Waals surface area (Å²) in [5, 5.41) is 2.56. The Morgan fingerprint density at radius 1 is 0.912 bits per heavy atom. The number of barbiturate groups is 1. The molecule has 0 aromatic heterocycles. The number of ether oxygens (including phenoxy) is 1. The van der Waals surface area contributed by atoms with Gasteiger partial charge in [0.05, 0.1) is 10.7 Å². The van der Waals surface area contributed by atoms with Crippen LogP contribution < -0.4 is 15.0 Å². The highest BCUT2D eigenvalue weighted by atomic mass is 35.5. The van der Waals surface area contributed by atoms with Crippen LogP contribution in [0, 0.1) is 20.8 Å². The van der Waals surface area contributed by atoms with Crippen molar-refractivity contribution in [2.75, 3.05) is 4.90 Å².